The SMILES string of the molecule is COc1cc(F)ccc1NC(=O)CBr. The Morgan fingerprint density at radius 3 is 2.93 bits per heavy atom. The number of nitrogens with one attached hydrogen (secondary N) is 1. The molecular formula is C9H9BrFNO2. The fourth-order valence-electron chi connectivity index (χ4n) is 0.952. The Bertz CT molecular complexity index is 344. The highest BCUT2D eigenvalue weighted by molar-refractivity contribution is 9.09. The zero-order valence-electron chi connectivity index (χ0n) is 7.51. The second-order valence-electron chi connectivity index (χ2n) is 2.53. The predicted molar refractivity (Wildman–Crippen MR) is 55.4 cm³/mol. The number of alkyl halides is 1. The van der Waals surface area contributed by atoms with E-state index in [4.69, 9.17) is 4.74 Å². The van der Waals surface area contributed by atoms with Gasteiger partial charge in [-0.15, -0.1) is 0 Å². The van der Waals surface area contributed by atoms with Crippen LogP contribution in [-0.2, 0) is 4.79 Å². The molecule has 76 valence electrons. The van der Waals surface area contributed by atoms with Crippen LogP contribution >= 0.6 is 15.9 Å². The molecule has 1 N–H and O–H groups in total. The van der Waals surface area contributed by atoms with E-state index in [1.165, 1.54) is 25.3 Å². The highest BCUT2D eigenvalue weighted by Crippen LogP contribution is 2.24. The number of carbonyl (C=O) groups is 1. The van der Waals surface area contributed by atoms with Gasteiger partial charge in [0, 0.05) is 6.07 Å². The molecule has 1 rings (SSSR count). The van der Waals surface area contributed by atoms with Gasteiger partial charge in [-0.2, -0.15) is 0 Å². The van der Waals surface area contributed by atoms with Crippen molar-refractivity contribution in [1.82, 2.24) is 0 Å². The third kappa shape index (κ3) is 2.70. The predicted octanol–water partition coefficient (Wildman–Crippen LogP) is 2.17. The lowest BCUT2D eigenvalue weighted by Crippen LogP contribution is -2.13. The number of benzene rings is 1. The van der Waals surface area contributed by atoms with Crippen LogP contribution in [0.3, 0.4) is 0 Å². The number of methoxy groups -OCH3 is 1. The molecule has 0 aromatic heterocycles. The summed E-state index contributed by atoms with van der Waals surface area (Å²) < 4.78 is 17.7. The molecule has 0 bridgehead atoms. The van der Waals surface area contributed by atoms with Crippen LogP contribution < -0.4 is 10.1 Å². The topological polar surface area (TPSA) is 38.3 Å². The van der Waals surface area contributed by atoms with Crippen LogP contribution in [0.25, 0.3) is 0 Å². The van der Waals surface area contributed by atoms with E-state index in [1.54, 1.807) is 0 Å². The summed E-state index contributed by atoms with van der Waals surface area (Å²) in [5, 5.41) is 2.75. The van der Waals surface area contributed by atoms with Gasteiger partial charge >= 0.3 is 0 Å². The summed E-state index contributed by atoms with van der Waals surface area (Å²) in [5.74, 6) is -0.312. The van der Waals surface area contributed by atoms with E-state index >= 15 is 0 Å². The molecule has 0 heterocycles. The number of hydrogen-bond donors (Lipinski definition) is 1. The minimum atomic E-state index is -0.404. The number of amides is 1. The summed E-state index contributed by atoms with van der Waals surface area (Å²) in [5.41, 5.74) is 0.457. The first-order chi connectivity index (χ1) is 6.67. The van der Waals surface area contributed by atoms with Crippen molar-refractivity contribution in [3.8, 4) is 5.75 Å². The Labute approximate surface area is 89.4 Å². The number of halogens is 2. The fourth-order valence-corrected chi connectivity index (χ4v) is 1.09. The van der Waals surface area contributed by atoms with Gasteiger partial charge in [0.05, 0.1) is 18.1 Å². The second kappa shape index (κ2) is 4.95. The molecule has 3 nitrogen and oxygen atoms in total. The van der Waals surface area contributed by atoms with E-state index in [0.717, 1.165) is 0 Å². The van der Waals surface area contributed by atoms with Crippen LogP contribution in [0.15, 0.2) is 18.2 Å². The smallest absolute Gasteiger partial charge is 0.235 e. The highest BCUT2D eigenvalue weighted by Gasteiger charge is 2.06. The lowest BCUT2D eigenvalue weighted by atomic mass is 10.3. The second-order valence-corrected chi connectivity index (χ2v) is 3.09. The molecule has 1 aromatic rings. The first-order valence-electron chi connectivity index (χ1n) is 3.86. The number of carbonyl (C=O) groups excluding carboxylic acids is 1. The number of rotatable bonds is 3. The van der Waals surface area contributed by atoms with Gasteiger partial charge in [0.15, 0.2) is 0 Å². The highest BCUT2D eigenvalue weighted by atomic mass is 79.9. The monoisotopic (exact) mass is 261 g/mol. The van der Waals surface area contributed by atoms with Crippen LogP contribution in [0.2, 0.25) is 0 Å². The first-order valence-corrected chi connectivity index (χ1v) is 4.99. The number of anilines is 1. The van der Waals surface area contributed by atoms with Gasteiger partial charge < -0.3 is 10.1 Å². The Kier molecular flexibility index (Phi) is 3.88. The first kappa shape index (κ1) is 11.0. The van der Waals surface area contributed by atoms with Crippen molar-refractivity contribution in [2.75, 3.05) is 17.8 Å². The average Bonchev–Trinajstić information content (AvgIpc) is 2.20. The van der Waals surface area contributed by atoms with Crippen molar-refractivity contribution < 1.29 is 13.9 Å². The van der Waals surface area contributed by atoms with E-state index < -0.39 is 5.82 Å². The lowest BCUT2D eigenvalue weighted by molar-refractivity contribution is -0.113. The van der Waals surface area contributed by atoms with Gasteiger partial charge in [-0.1, -0.05) is 15.9 Å². The van der Waals surface area contributed by atoms with Crippen LogP contribution in [0.5, 0.6) is 5.75 Å². The molecule has 0 atom stereocenters. The quantitative estimate of drug-likeness (QED) is 0.848. The molecule has 5 heteroatoms. The maximum atomic E-state index is 12.8. The van der Waals surface area contributed by atoms with Crippen LogP contribution in [-0.4, -0.2) is 18.3 Å². The normalized spacial score (nSPS) is 9.64. The third-order valence-electron chi connectivity index (χ3n) is 1.56. The van der Waals surface area contributed by atoms with E-state index in [9.17, 15) is 9.18 Å². The van der Waals surface area contributed by atoms with Gasteiger partial charge in [0.25, 0.3) is 0 Å². The standard InChI is InChI=1S/C9H9BrFNO2/c1-14-8-4-6(11)2-3-7(8)12-9(13)5-10/h2-4H,5H2,1H3,(H,12,13). The maximum absolute atomic E-state index is 12.8. The van der Waals surface area contributed by atoms with E-state index in [1.807, 2.05) is 0 Å². The van der Waals surface area contributed by atoms with E-state index in [2.05, 4.69) is 21.2 Å². The van der Waals surface area contributed by atoms with Crippen molar-refractivity contribution in [3.05, 3.63) is 24.0 Å². The van der Waals surface area contributed by atoms with Gasteiger partial charge in [-0.05, 0) is 12.1 Å². The molecule has 0 spiro atoms. The van der Waals surface area contributed by atoms with Crippen molar-refractivity contribution in [1.29, 1.82) is 0 Å². The van der Waals surface area contributed by atoms with Gasteiger partial charge in [0.1, 0.15) is 11.6 Å². The fraction of sp³-hybridized carbons (Fsp3) is 0.222. The summed E-state index contributed by atoms with van der Waals surface area (Å²) in [4.78, 5) is 11.0. The zero-order valence-corrected chi connectivity index (χ0v) is 9.10. The van der Waals surface area contributed by atoms with Crippen molar-refractivity contribution >= 4 is 27.5 Å². The van der Waals surface area contributed by atoms with E-state index in [-0.39, 0.29) is 11.2 Å². The lowest BCUT2D eigenvalue weighted by Gasteiger charge is -2.08. The molecule has 1 aromatic carbocycles. The molecule has 0 fully saturated rings. The molecule has 14 heavy (non-hydrogen) atoms. The van der Waals surface area contributed by atoms with Crippen molar-refractivity contribution in [3.63, 3.8) is 0 Å². The molecule has 0 saturated heterocycles. The Morgan fingerprint density at radius 2 is 2.36 bits per heavy atom. The average molecular weight is 262 g/mol. The van der Waals surface area contributed by atoms with Gasteiger partial charge in [-0.25, -0.2) is 4.39 Å². The maximum Gasteiger partial charge on any atom is 0.235 e. The minimum absolute atomic E-state index is 0.188. The summed E-state index contributed by atoms with van der Waals surface area (Å²) >= 11 is 3.01. The van der Waals surface area contributed by atoms with Gasteiger partial charge in [-0.3, -0.25) is 4.79 Å². The van der Waals surface area contributed by atoms with Crippen LogP contribution in [0.4, 0.5) is 10.1 Å². The molecule has 0 saturated carbocycles. The molecule has 1 amide bonds. The van der Waals surface area contributed by atoms with Crippen LogP contribution in [0, 0.1) is 5.82 Å². The van der Waals surface area contributed by atoms with E-state index in [0.29, 0.717) is 11.4 Å². The summed E-state index contributed by atoms with van der Waals surface area (Å²) in [6.07, 6.45) is 0. The molecule has 0 unspecified atom stereocenters. The largest absolute Gasteiger partial charge is 0.494 e. The summed E-state index contributed by atoms with van der Waals surface area (Å²) in [7, 11) is 1.42. The summed E-state index contributed by atoms with van der Waals surface area (Å²) in [6, 6.07) is 3.92. The van der Waals surface area contributed by atoms with Crippen molar-refractivity contribution in [2.24, 2.45) is 0 Å². The minimum Gasteiger partial charge on any atom is -0.494 e. The Balaban J connectivity index is 2.90. The molecule has 0 aliphatic carbocycles. The Hall–Kier alpha value is -1.10. The zero-order chi connectivity index (χ0) is 10.6. The third-order valence-corrected chi connectivity index (χ3v) is 2.07. The number of hydrogen-bond acceptors (Lipinski definition) is 2. The summed E-state index contributed by atoms with van der Waals surface area (Å²) in [6.45, 7) is 0. The molecule has 0 radical (unpaired) electrons. The van der Waals surface area contributed by atoms with Crippen molar-refractivity contribution in [2.45, 2.75) is 0 Å². The molecule has 0 aliphatic heterocycles. The van der Waals surface area contributed by atoms with Crippen LogP contribution in [0.1, 0.15) is 0 Å². The van der Waals surface area contributed by atoms with Gasteiger partial charge in [0.2, 0.25) is 5.91 Å². The molecule has 0 aliphatic rings. The molecular weight excluding hydrogens is 253 g/mol. The number of ether oxygens (including phenoxy) is 1. The Morgan fingerprint density at radius 1 is 1.64 bits per heavy atom.